The average molecular weight is 837 g/mol. The quantitative estimate of drug-likeness (QED) is 0.0361. The summed E-state index contributed by atoms with van der Waals surface area (Å²) in [6.45, 7) is 33.5. The van der Waals surface area contributed by atoms with Gasteiger partial charge in [0.25, 0.3) is 0 Å². The zero-order chi connectivity index (χ0) is 42.3. The molecule has 0 aromatic rings. The molecule has 1 fully saturated rings. The Morgan fingerprint density at radius 3 is 1.95 bits per heavy atom. The van der Waals surface area contributed by atoms with Crippen molar-refractivity contribution in [2.24, 2.45) is 17.8 Å². The first kappa shape index (κ1) is 51.3. The molecule has 56 heavy (non-hydrogen) atoms. The van der Waals surface area contributed by atoms with E-state index in [9.17, 15) is 9.90 Å². The van der Waals surface area contributed by atoms with Crippen molar-refractivity contribution >= 4 is 30.9 Å². The second-order valence-electron chi connectivity index (χ2n) is 17.8. The molecule has 2 rings (SSSR count). The van der Waals surface area contributed by atoms with Crippen LogP contribution in [0.2, 0.25) is 54.4 Å². The summed E-state index contributed by atoms with van der Waals surface area (Å²) in [6.07, 6.45) is 13.2. The molecule has 0 bridgehead atoms. The molecule has 0 aromatic carbocycles. The Hall–Kier alpha value is -0.859. The van der Waals surface area contributed by atoms with Crippen LogP contribution in [0.1, 0.15) is 136 Å². The molecule has 2 aliphatic rings. The number of carbonyl (C=O) groups excluding carboxylic acids is 1. The van der Waals surface area contributed by atoms with Gasteiger partial charge in [-0.2, -0.15) is 0 Å². The zero-order valence-electron chi connectivity index (χ0n) is 38.9. The SMILES string of the molecule is CCC(O[Si](CC)(CC)CC)C(C)C1OC1CC(C)(C=CC=C(C)C1OC(=O)CC(O[Si](CC)(CC)CC)CCC(C)C(O)C=CC1C)O[Si](CC)(CC)CC. The van der Waals surface area contributed by atoms with Crippen molar-refractivity contribution in [2.75, 3.05) is 0 Å². The van der Waals surface area contributed by atoms with Crippen LogP contribution in [0, 0.1) is 17.8 Å². The van der Waals surface area contributed by atoms with Crippen LogP contribution in [0.15, 0.2) is 36.0 Å². The minimum Gasteiger partial charge on any atom is -0.457 e. The van der Waals surface area contributed by atoms with Gasteiger partial charge in [-0.15, -0.1) is 0 Å². The predicted octanol–water partition coefficient (Wildman–Crippen LogP) is 12.5. The van der Waals surface area contributed by atoms with E-state index in [0.29, 0.717) is 5.92 Å². The highest BCUT2D eigenvalue weighted by Gasteiger charge is 2.50. The fourth-order valence-corrected chi connectivity index (χ4v) is 18.1. The maximum atomic E-state index is 13.7. The summed E-state index contributed by atoms with van der Waals surface area (Å²) < 4.78 is 34.1. The summed E-state index contributed by atoms with van der Waals surface area (Å²) in [7, 11) is -5.66. The first-order valence-electron chi connectivity index (χ1n) is 23.1. The number of epoxide rings is 1. The Bertz CT molecular complexity index is 1220. The molecule has 0 radical (unpaired) electrons. The maximum Gasteiger partial charge on any atom is 0.308 e. The van der Waals surface area contributed by atoms with Gasteiger partial charge in [0.2, 0.25) is 0 Å². The van der Waals surface area contributed by atoms with Gasteiger partial charge in [-0.05, 0) is 99.0 Å². The molecule has 10 unspecified atom stereocenters. The molecule has 10 atom stereocenters. The molecule has 0 spiro atoms. The Morgan fingerprint density at radius 1 is 0.875 bits per heavy atom. The molecule has 0 amide bonds. The van der Waals surface area contributed by atoms with E-state index in [-0.39, 0.29) is 48.6 Å². The van der Waals surface area contributed by atoms with Crippen molar-refractivity contribution in [1.29, 1.82) is 0 Å². The van der Waals surface area contributed by atoms with E-state index in [1.165, 1.54) is 0 Å². The van der Waals surface area contributed by atoms with E-state index in [1.54, 1.807) is 0 Å². The number of aliphatic hydroxyl groups excluding tert-OH is 1. The molecule has 7 nitrogen and oxygen atoms in total. The zero-order valence-corrected chi connectivity index (χ0v) is 41.9. The fourth-order valence-electron chi connectivity index (χ4n) is 9.13. The maximum absolute atomic E-state index is 13.7. The van der Waals surface area contributed by atoms with Gasteiger partial charge < -0.3 is 27.9 Å². The van der Waals surface area contributed by atoms with E-state index < -0.39 is 42.8 Å². The first-order chi connectivity index (χ1) is 26.5. The summed E-state index contributed by atoms with van der Waals surface area (Å²) in [5.74, 6) is 0.0590. The number of ether oxygens (including phenoxy) is 2. The van der Waals surface area contributed by atoms with Gasteiger partial charge >= 0.3 is 5.97 Å². The lowest BCUT2D eigenvalue weighted by molar-refractivity contribution is -0.150. The standard InChI is InChI=1S/C46H88O7Si3/c1-16-41(52-55(20-5,21-6)22-7)38(14)45-42(49-45)34-46(15,53-56(23-8,24-9)25-10)32-26-27-36(12)44-37(13)29-31-40(47)35(11)28-30-39(33-43(48)50-44)51-54(17-2,18-3)19-4/h26-27,29,31-32,35,37-42,44-45,47H,16-25,28,30,33-34H2,1-15H3. The second-order valence-corrected chi connectivity index (χ2v) is 32.0. The largest absolute Gasteiger partial charge is 0.457 e. The van der Waals surface area contributed by atoms with Crippen LogP contribution in [0.5, 0.6) is 0 Å². The molecular formula is C46H88O7Si3. The van der Waals surface area contributed by atoms with Gasteiger partial charge in [0.05, 0.1) is 36.4 Å². The van der Waals surface area contributed by atoms with Crippen LogP contribution < -0.4 is 0 Å². The Labute approximate surface area is 348 Å². The molecule has 0 aliphatic carbocycles. The lowest BCUT2D eigenvalue weighted by atomic mass is 9.91. The molecule has 1 N–H and O–H groups in total. The van der Waals surface area contributed by atoms with Gasteiger partial charge in [-0.25, -0.2) is 0 Å². The van der Waals surface area contributed by atoms with E-state index in [4.69, 9.17) is 22.8 Å². The third-order valence-electron chi connectivity index (χ3n) is 14.3. The highest BCUT2D eigenvalue weighted by molar-refractivity contribution is 6.74. The second kappa shape index (κ2) is 23.8. The monoisotopic (exact) mass is 837 g/mol. The molecule has 10 heteroatoms. The molecule has 0 saturated carbocycles. The van der Waals surface area contributed by atoms with Gasteiger partial charge in [0, 0.05) is 24.4 Å². The van der Waals surface area contributed by atoms with Crippen LogP contribution in [0.25, 0.3) is 0 Å². The summed E-state index contributed by atoms with van der Waals surface area (Å²) in [4.78, 5) is 13.7. The van der Waals surface area contributed by atoms with Crippen LogP contribution >= 0.6 is 0 Å². The fraction of sp³-hybridized carbons (Fsp3) is 0.848. The Kier molecular flexibility index (Phi) is 21.8. The summed E-state index contributed by atoms with van der Waals surface area (Å²) >= 11 is 0. The Morgan fingerprint density at radius 2 is 1.43 bits per heavy atom. The van der Waals surface area contributed by atoms with E-state index in [0.717, 1.165) is 85.7 Å². The first-order valence-corrected chi connectivity index (χ1v) is 30.7. The molecule has 326 valence electrons. The highest BCUT2D eigenvalue weighted by atomic mass is 28.4. The topological polar surface area (TPSA) is 86.8 Å². The van der Waals surface area contributed by atoms with Crippen molar-refractivity contribution < 1.29 is 32.7 Å². The number of esters is 1. The summed E-state index contributed by atoms with van der Waals surface area (Å²) in [5.41, 5.74) is 0.456. The Balaban J connectivity index is 2.42. The van der Waals surface area contributed by atoms with Crippen molar-refractivity contribution in [1.82, 2.24) is 0 Å². The number of hydrogen-bond acceptors (Lipinski definition) is 7. The third kappa shape index (κ3) is 14.4. The van der Waals surface area contributed by atoms with Gasteiger partial charge in [-0.1, -0.05) is 120 Å². The highest BCUT2D eigenvalue weighted by Crippen LogP contribution is 2.42. The van der Waals surface area contributed by atoms with E-state index >= 15 is 0 Å². The number of rotatable bonds is 23. The minimum atomic E-state index is -1.98. The van der Waals surface area contributed by atoms with Gasteiger partial charge in [0.1, 0.15) is 6.10 Å². The van der Waals surface area contributed by atoms with Crippen molar-refractivity contribution in [2.45, 2.75) is 233 Å². The van der Waals surface area contributed by atoms with Gasteiger partial charge in [-0.3, -0.25) is 4.79 Å². The number of allylic oxidation sites excluding steroid dienone is 2. The number of cyclic esters (lactones) is 1. The van der Waals surface area contributed by atoms with Crippen molar-refractivity contribution in [3.8, 4) is 0 Å². The minimum absolute atomic E-state index is 0.0690. The van der Waals surface area contributed by atoms with E-state index in [1.807, 2.05) is 12.2 Å². The molecular weight excluding hydrogens is 749 g/mol. The summed E-state index contributed by atoms with van der Waals surface area (Å²) in [5, 5.41) is 11.1. The van der Waals surface area contributed by atoms with E-state index in [2.05, 4.69) is 122 Å². The molecule has 2 aliphatic heterocycles. The summed E-state index contributed by atoms with van der Waals surface area (Å²) in [6, 6.07) is 9.77. The number of aliphatic hydroxyl groups is 1. The van der Waals surface area contributed by atoms with Crippen LogP contribution in [0.4, 0.5) is 0 Å². The van der Waals surface area contributed by atoms with Crippen LogP contribution in [-0.4, -0.2) is 78.3 Å². The van der Waals surface area contributed by atoms with Crippen LogP contribution in [0.3, 0.4) is 0 Å². The van der Waals surface area contributed by atoms with Crippen LogP contribution in [-0.2, 0) is 27.5 Å². The average Bonchev–Trinajstić information content (AvgIpc) is 3.97. The normalized spacial score (nSPS) is 28.3. The lowest BCUT2D eigenvalue weighted by Gasteiger charge is -2.39. The predicted molar refractivity (Wildman–Crippen MR) is 244 cm³/mol. The third-order valence-corrected chi connectivity index (χ3v) is 28.5. The number of carbonyl (C=O) groups is 1. The smallest absolute Gasteiger partial charge is 0.308 e. The molecule has 1 saturated heterocycles. The molecule has 2 heterocycles. The van der Waals surface area contributed by atoms with Gasteiger partial charge in [0.15, 0.2) is 25.0 Å². The number of hydrogen-bond donors (Lipinski definition) is 1. The molecule has 0 aromatic heterocycles. The van der Waals surface area contributed by atoms with Crippen molar-refractivity contribution in [3.05, 3.63) is 36.0 Å². The lowest BCUT2D eigenvalue weighted by Crippen LogP contribution is -2.46. The van der Waals surface area contributed by atoms with Crippen molar-refractivity contribution in [3.63, 3.8) is 0 Å².